The van der Waals surface area contributed by atoms with Gasteiger partial charge in [0.05, 0.1) is 18.0 Å². The molecule has 3 fully saturated rings. The van der Waals surface area contributed by atoms with E-state index in [9.17, 15) is 4.79 Å². The summed E-state index contributed by atoms with van der Waals surface area (Å²) in [7, 11) is 0. The molecule has 2 bridgehead atoms. The lowest BCUT2D eigenvalue weighted by molar-refractivity contribution is -0.293. The third-order valence-electron chi connectivity index (χ3n) is 11.2. The molecule has 47 heavy (non-hydrogen) atoms. The van der Waals surface area contributed by atoms with Gasteiger partial charge in [0.25, 0.3) is 5.92 Å². The Morgan fingerprint density at radius 3 is 2.36 bits per heavy atom. The minimum absolute atomic E-state index is 0.279. The fourth-order valence-corrected chi connectivity index (χ4v) is 8.90. The predicted octanol–water partition coefficient (Wildman–Crippen LogP) is 6.83. The number of nitrogens with one attached hydrogen (secondary N) is 1. The van der Waals surface area contributed by atoms with Crippen molar-refractivity contribution in [3.8, 4) is 11.5 Å². The van der Waals surface area contributed by atoms with Crippen LogP contribution in [0.15, 0.2) is 72.8 Å². The first-order valence-corrected chi connectivity index (χ1v) is 17.2. The molecular weight excluding hydrogens is 598 g/mol. The van der Waals surface area contributed by atoms with Crippen LogP contribution in [0.1, 0.15) is 68.7 Å². The highest BCUT2D eigenvalue weighted by Crippen LogP contribution is 2.70. The Kier molecular flexibility index (Phi) is 7.23. The first-order valence-electron chi connectivity index (χ1n) is 17.2. The van der Waals surface area contributed by atoms with Crippen molar-refractivity contribution >= 4 is 5.97 Å². The van der Waals surface area contributed by atoms with Gasteiger partial charge in [0, 0.05) is 24.7 Å². The van der Waals surface area contributed by atoms with Crippen LogP contribution in [-0.2, 0) is 34.5 Å². The van der Waals surface area contributed by atoms with Gasteiger partial charge in [0.1, 0.15) is 23.7 Å². The van der Waals surface area contributed by atoms with Crippen LogP contribution in [0, 0.1) is 11.3 Å². The number of esters is 1. The topological polar surface area (TPSA) is 60.0 Å². The molecule has 1 spiro atoms. The average Bonchev–Trinajstić information content (AvgIpc) is 3.78. The number of likely N-dealkylation sites (tertiary alicyclic amines) is 1. The highest BCUT2D eigenvalue weighted by atomic mass is 19.3. The fourth-order valence-electron chi connectivity index (χ4n) is 8.90. The molecule has 0 unspecified atom stereocenters. The smallest absolute Gasteiger partial charge is 0.311 e. The molecule has 2 aliphatic heterocycles. The third kappa shape index (κ3) is 4.80. The van der Waals surface area contributed by atoms with Crippen molar-refractivity contribution in [2.24, 2.45) is 11.3 Å². The number of hydrogen-bond donors (Lipinski definition) is 1. The van der Waals surface area contributed by atoms with Crippen LogP contribution in [0.25, 0.3) is 0 Å². The van der Waals surface area contributed by atoms with Gasteiger partial charge in [-0.1, -0.05) is 66.7 Å². The molecule has 3 aromatic rings. The standard InChI is InChI=1S/C39H44F2N2O4/c1-36(2,3)35(44)47-37-19-18-29(42-21-25-10-6-4-7-11-25)34-39(37)32-28(20-31(37)43(22-26-14-15-26)24-38(39,40)41)16-17-30(33(32)46-34)45-23-27-12-8-5-9-13-27/h4-13,16-17,26,29,31,34,42H,14-15,18-24H2,1-3H3/t29-,31+,34+,37-,39-/m1/s1. The second-order valence-corrected chi connectivity index (χ2v) is 15.4. The number of hydrogen-bond acceptors (Lipinski definition) is 6. The van der Waals surface area contributed by atoms with Crippen LogP contribution in [-0.4, -0.2) is 53.7 Å². The quantitative estimate of drug-likeness (QED) is 0.258. The number of carbonyl (C=O) groups is 1. The van der Waals surface area contributed by atoms with Gasteiger partial charge in [-0.25, -0.2) is 8.78 Å². The van der Waals surface area contributed by atoms with E-state index < -0.39 is 40.5 Å². The van der Waals surface area contributed by atoms with Crippen molar-refractivity contribution in [2.45, 2.75) is 101 Å². The third-order valence-corrected chi connectivity index (χ3v) is 11.2. The molecule has 1 saturated heterocycles. The van der Waals surface area contributed by atoms with Crippen molar-refractivity contribution in [3.05, 3.63) is 95.1 Å². The zero-order valence-electron chi connectivity index (χ0n) is 27.4. The van der Waals surface area contributed by atoms with Gasteiger partial charge < -0.3 is 19.5 Å². The molecule has 248 valence electrons. The van der Waals surface area contributed by atoms with E-state index in [1.54, 1.807) is 20.8 Å². The molecule has 8 rings (SSSR count). The van der Waals surface area contributed by atoms with E-state index in [4.69, 9.17) is 14.2 Å². The molecule has 2 heterocycles. The van der Waals surface area contributed by atoms with Crippen molar-refractivity contribution in [1.29, 1.82) is 0 Å². The summed E-state index contributed by atoms with van der Waals surface area (Å²) in [5, 5.41) is 3.62. The second-order valence-electron chi connectivity index (χ2n) is 15.4. The number of benzene rings is 3. The Hall–Kier alpha value is -3.49. The highest BCUT2D eigenvalue weighted by Gasteiger charge is 2.84. The summed E-state index contributed by atoms with van der Waals surface area (Å²) in [5.74, 6) is -2.48. The zero-order valence-corrected chi connectivity index (χ0v) is 27.4. The van der Waals surface area contributed by atoms with Gasteiger partial charge in [-0.2, -0.15) is 0 Å². The van der Waals surface area contributed by atoms with Gasteiger partial charge in [-0.05, 0) is 81.5 Å². The number of carbonyl (C=O) groups excluding carboxylic acids is 1. The van der Waals surface area contributed by atoms with E-state index in [-0.39, 0.29) is 19.2 Å². The van der Waals surface area contributed by atoms with Crippen molar-refractivity contribution < 1.29 is 27.8 Å². The summed E-state index contributed by atoms with van der Waals surface area (Å²) < 4.78 is 55.6. The Bertz CT molecular complexity index is 1660. The molecule has 6 nitrogen and oxygen atoms in total. The fraction of sp³-hybridized carbons (Fsp3) is 0.513. The Labute approximate surface area is 275 Å². The molecule has 3 aliphatic carbocycles. The summed E-state index contributed by atoms with van der Waals surface area (Å²) in [4.78, 5) is 15.9. The van der Waals surface area contributed by atoms with Crippen molar-refractivity contribution in [1.82, 2.24) is 10.2 Å². The number of nitrogens with zero attached hydrogens (tertiary/aromatic N) is 1. The number of alkyl halides is 2. The molecular formula is C39H44F2N2O4. The summed E-state index contributed by atoms with van der Waals surface area (Å²) >= 11 is 0. The minimum Gasteiger partial charge on any atom is -0.485 e. The van der Waals surface area contributed by atoms with E-state index >= 15 is 8.78 Å². The Morgan fingerprint density at radius 2 is 1.68 bits per heavy atom. The maximum absolute atomic E-state index is 17.8. The van der Waals surface area contributed by atoms with Crippen LogP contribution < -0.4 is 14.8 Å². The summed E-state index contributed by atoms with van der Waals surface area (Å²) in [6, 6.07) is 22.8. The number of rotatable bonds is 9. The lowest BCUT2D eigenvalue weighted by atomic mass is 9.46. The van der Waals surface area contributed by atoms with Gasteiger partial charge >= 0.3 is 5.97 Å². The lowest BCUT2D eigenvalue weighted by Gasteiger charge is -2.67. The van der Waals surface area contributed by atoms with Gasteiger partial charge in [-0.15, -0.1) is 0 Å². The monoisotopic (exact) mass is 642 g/mol. The van der Waals surface area contributed by atoms with Gasteiger partial charge in [-0.3, -0.25) is 9.69 Å². The summed E-state index contributed by atoms with van der Waals surface area (Å²) in [5.41, 5.74) is -0.860. The summed E-state index contributed by atoms with van der Waals surface area (Å²) in [6.45, 7) is 6.39. The molecule has 0 amide bonds. The van der Waals surface area contributed by atoms with E-state index in [0.717, 1.165) is 29.5 Å². The SMILES string of the molecule is CC(C)(C)C(=O)O[C@@]12CC[C@@H](NCc3ccccc3)[C@@H]3Oc4c(OCc5ccccc5)ccc5c4[C@@]31C(F)(F)CN(CC1CC1)[C@H]2C5. The Morgan fingerprint density at radius 1 is 0.979 bits per heavy atom. The number of ether oxygens (including phenoxy) is 3. The van der Waals surface area contributed by atoms with Crippen LogP contribution in [0.5, 0.6) is 11.5 Å². The lowest BCUT2D eigenvalue weighted by Crippen LogP contribution is -2.85. The number of piperidine rings is 1. The molecule has 1 N–H and O–H groups in total. The highest BCUT2D eigenvalue weighted by molar-refractivity contribution is 5.77. The van der Waals surface area contributed by atoms with E-state index in [0.29, 0.717) is 55.3 Å². The average molecular weight is 643 g/mol. The van der Waals surface area contributed by atoms with Crippen LogP contribution in [0.4, 0.5) is 8.78 Å². The molecule has 8 heteroatoms. The second kappa shape index (κ2) is 11.0. The molecule has 2 saturated carbocycles. The first-order chi connectivity index (χ1) is 22.5. The maximum atomic E-state index is 17.8. The molecule has 0 radical (unpaired) electrons. The molecule has 0 aromatic heterocycles. The zero-order chi connectivity index (χ0) is 32.6. The van der Waals surface area contributed by atoms with Crippen LogP contribution in [0.3, 0.4) is 0 Å². The van der Waals surface area contributed by atoms with E-state index in [1.807, 2.05) is 77.7 Å². The Balaban J connectivity index is 1.29. The maximum Gasteiger partial charge on any atom is 0.311 e. The van der Waals surface area contributed by atoms with Gasteiger partial charge in [0.15, 0.2) is 11.5 Å². The largest absolute Gasteiger partial charge is 0.485 e. The van der Waals surface area contributed by atoms with Crippen LogP contribution in [0.2, 0.25) is 0 Å². The molecule has 5 aliphatic rings. The summed E-state index contributed by atoms with van der Waals surface area (Å²) in [6.07, 6.45) is 2.50. The predicted molar refractivity (Wildman–Crippen MR) is 175 cm³/mol. The normalized spacial score (nSPS) is 30.3. The molecule has 3 aromatic carbocycles. The van der Waals surface area contributed by atoms with Gasteiger partial charge in [0.2, 0.25) is 0 Å². The number of halogens is 2. The van der Waals surface area contributed by atoms with Crippen molar-refractivity contribution in [2.75, 3.05) is 13.1 Å². The van der Waals surface area contributed by atoms with E-state index in [2.05, 4.69) is 5.32 Å². The van der Waals surface area contributed by atoms with Crippen LogP contribution >= 0.6 is 0 Å². The van der Waals surface area contributed by atoms with E-state index in [1.165, 1.54) is 0 Å². The van der Waals surface area contributed by atoms with Crippen molar-refractivity contribution in [3.63, 3.8) is 0 Å². The molecule has 5 atom stereocenters. The first kappa shape index (κ1) is 30.8. The minimum atomic E-state index is -3.26.